The number of halogens is 4. The molecule has 1 amide bonds. The zero-order valence-corrected chi connectivity index (χ0v) is 13.5. The van der Waals surface area contributed by atoms with Crippen LogP contribution in [0.3, 0.4) is 0 Å². The highest BCUT2D eigenvalue weighted by Gasteiger charge is 2.38. The molecule has 0 saturated heterocycles. The zero-order valence-electron chi connectivity index (χ0n) is 12.7. The van der Waals surface area contributed by atoms with Crippen molar-refractivity contribution < 1.29 is 27.6 Å². The van der Waals surface area contributed by atoms with Gasteiger partial charge in [0.05, 0.1) is 10.7 Å². The number of hydrogen-bond donors (Lipinski definition) is 2. The number of aromatic nitrogens is 2. The number of rotatable bonds is 3. The van der Waals surface area contributed by atoms with Gasteiger partial charge in [0.15, 0.2) is 5.75 Å². The van der Waals surface area contributed by atoms with Crippen LogP contribution in [0.4, 0.5) is 18.9 Å². The van der Waals surface area contributed by atoms with Crippen LogP contribution in [0.1, 0.15) is 16.2 Å². The monoisotopic (exact) mass is 383 g/mol. The quantitative estimate of drug-likeness (QED) is 0.656. The Labute approximate surface area is 149 Å². The Bertz CT molecular complexity index is 955. The molecular weight excluding hydrogens is 375 g/mol. The van der Waals surface area contributed by atoms with Crippen LogP contribution in [0, 0.1) is 0 Å². The van der Waals surface area contributed by atoms with Crippen molar-refractivity contribution in [2.24, 2.45) is 0 Å². The Kier molecular flexibility index (Phi) is 4.56. The van der Waals surface area contributed by atoms with Crippen molar-refractivity contribution in [3.63, 3.8) is 0 Å². The van der Waals surface area contributed by atoms with Crippen molar-refractivity contribution >= 4 is 23.2 Å². The van der Waals surface area contributed by atoms with Crippen LogP contribution in [0.25, 0.3) is 11.4 Å². The summed E-state index contributed by atoms with van der Waals surface area (Å²) in [6, 6.07) is 9.96. The Morgan fingerprint density at radius 1 is 1.15 bits per heavy atom. The van der Waals surface area contributed by atoms with Gasteiger partial charge in [-0.2, -0.15) is 18.2 Å². The third-order valence-corrected chi connectivity index (χ3v) is 3.61. The van der Waals surface area contributed by atoms with E-state index in [9.17, 15) is 23.1 Å². The third kappa shape index (κ3) is 3.62. The number of carbonyl (C=O) groups excluding carboxylic acids is 1. The number of nitrogens with one attached hydrogen (secondary N) is 1. The number of carbonyl (C=O) groups is 1. The predicted octanol–water partition coefficient (Wildman–Crippen LogP) is 4.37. The van der Waals surface area contributed by atoms with Gasteiger partial charge < -0.3 is 14.9 Å². The molecule has 2 aromatic carbocycles. The van der Waals surface area contributed by atoms with Crippen molar-refractivity contribution in [3.8, 4) is 17.1 Å². The summed E-state index contributed by atoms with van der Waals surface area (Å²) in [7, 11) is 0. The standard InChI is InChI=1S/C16H9ClF3N3O3/c17-10-2-1-3-11(12(10)24)21-14(25)9-6-4-8(5-7-9)13-22-15(26-23-13)16(18,19)20/h1-7,24H,(H,21,25). The van der Waals surface area contributed by atoms with E-state index in [1.165, 1.54) is 36.4 Å². The Morgan fingerprint density at radius 2 is 1.85 bits per heavy atom. The molecule has 1 heterocycles. The molecule has 0 radical (unpaired) electrons. The van der Waals surface area contributed by atoms with Crippen LogP contribution in [-0.2, 0) is 6.18 Å². The van der Waals surface area contributed by atoms with Gasteiger partial charge in [-0.1, -0.05) is 35.0 Å². The van der Waals surface area contributed by atoms with Gasteiger partial charge in [0.1, 0.15) is 0 Å². The molecule has 2 N–H and O–H groups in total. The predicted molar refractivity (Wildman–Crippen MR) is 85.8 cm³/mol. The van der Waals surface area contributed by atoms with Crippen LogP contribution in [0.5, 0.6) is 5.75 Å². The number of aromatic hydroxyl groups is 1. The number of phenols is 1. The normalized spacial score (nSPS) is 11.4. The molecule has 0 fully saturated rings. The molecule has 0 aliphatic rings. The minimum absolute atomic E-state index is 0.0794. The molecule has 0 aliphatic heterocycles. The second-order valence-corrected chi connectivity index (χ2v) is 5.50. The number of anilines is 1. The van der Waals surface area contributed by atoms with E-state index in [0.29, 0.717) is 0 Å². The van der Waals surface area contributed by atoms with E-state index < -0.39 is 18.0 Å². The first-order valence-electron chi connectivity index (χ1n) is 7.06. The van der Waals surface area contributed by atoms with E-state index in [4.69, 9.17) is 11.6 Å². The Morgan fingerprint density at radius 3 is 2.46 bits per heavy atom. The van der Waals surface area contributed by atoms with Gasteiger partial charge in [0.25, 0.3) is 5.91 Å². The minimum Gasteiger partial charge on any atom is -0.504 e. The van der Waals surface area contributed by atoms with Crippen LogP contribution < -0.4 is 5.32 Å². The van der Waals surface area contributed by atoms with Gasteiger partial charge in [-0.25, -0.2) is 0 Å². The lowest BCUT2D eigenvalue weighted by atomic mass is 10.1. The number of nitrogens with zero attached hydrogens (tertiary/aromatic N) is 2. The molecule has 1 aromatic heterocycles. The molecular formula is C16H9ClF3N3O3. The second-order valence-electron chi connectivity index (χ2n) is 5.09. The molecule has 10 heteroatoms. The van der Waals surface area contributed by atoms with Crippen molar-refractivity contribution in [2.75, 3.05) is 5.32 Å². The summed E-state index contributed by atoms with van der Waals surface area (Å²) in [5.41, 5.74) is 0.568. The zero-order chi connectivity index (χ0) is 18.9. The second kappa shape index (κ2) is 6.68. The first-order valence-corrected chi connectivity index (χ1v) is 7.43. The van der Waals surface area contributed by atoms with E-state index in [-0.39, 0.29) is 33.4 Å². The lowest BCUT2D eigenvalue weighted by Gasteiger charge is -2.08. The van der Waals surface area contributed by atoms with Crippen molar-refractivity contribution in [1.29, 1.82) is 0 Å². The van der Waals surface area contributed by atoms with E-state index >= 15 is 0 Å². The largest absolute Gasteiger partial charge is 0.504 e. The number of amides is 1. The first kappa shape index (κ1) is 17.7. The van der Waals surface area contributed by atoms with E-state index in [2.05, 4.69) is 20.0 Å². The highest BCUT2D eigenvalue weighted by molar-refractivity contribution is 6.32. The number of phenolic OH excluding ortho intramolecular Hbond substituents is 1. The van der Waals surface area contributed by atoms with Gasteiger partial charge >= 0.3 is 12.1 Å². The molecule has 0 bridgehead atoms. The molecule has 3 rings (SSSR count). The average Bonchev–Trinajstić information content (AvgIpc) is 3.09. The van der Waals surface area contributed by atoms with Gasteiger partial charge in [-0.15, -0.1) is 0 Å². The van der Waals surface area contributed by atoms with Crippen LogP contribution >= 0.6 is 11.6 Å². The van der Waals surface area contributed by atoms with Crippen molar-refractivity contribution in [2.45, 2.75) is 6.18 Å². The topological polar surface area (TPSA) is 88.2 Å². The number of alkyl halides is 3. The average molecular weight is 384 g/mol. The molecule has 0 saturated carbocycles. The smallest absolute Gasteiger partial charge is 0.471 e. The van der Waals surface area contributed by atoms with E-state index in [0.717, 1.165) is 0 Å². The van der Waals surface area contributed by atoms with Gasteiger partial charge in [-0.05, 0) is 24.3 Å². The summed E-state index contributed by atoms with van der Waals surface area (Å²) in [5.74, 6) is -2.52. The van der Waals surface area contributed by atoms with E-state index in [1.54, 1.807) is 6.07 Å². The lowest BCUT2D eigenvalue weighted by Crippen LogP contribution is -2.11. The Balaban J connectivity index is 1.78. The fourth-order valence-corrected chi connectivity index (χ4v) is 2.21. The SMILES string of the molecule is O=C(Nc1cccc(Cl)c1O)c1ccc(-c2noc(C(F)(F)F)n2)cc1. The van der Waals surface area contributed by atoms with Crippen LogP contribution in [-0.4, -0.2) is 21.2 Å². The van der Waals surface area contributed by atoms with Gasteiger partial charge in [0.2, 0.25) is 5.82 Å². The molecule has 26 heavy (non-hydrogen) atoms. The molecule has 6 nitrogen and oxygen atoms in total. The molecule has 134 valence electrons. The molecule has 3 aromatic rings. The highest BCUT2D eigenvalue weighted by Crippen LogP contribution is 2.32. The number of benzene rings is 2. The molecule has 0 spiro atoms. The van der Waals surface area contributed by atoms with Crippen LogP contribution in [0.15, 0.2) is 47.0 Å². The summed E-state index contributed by atoms with van der Waals surface area (Å²) >= 11 is 5.76. The maximum Gasteiger partial charge on any atom is 0.471 e. The fraction of sp³-hybridized carbons (Fsp3) is 0.0625. The minimum atomic E-state index is -4.73. The number of hydrogen-bond acceptors (Lipinski definition) is 5. The first-order chi connectivity index (χ1) is 12.3. The summed E-state index contributed by atoms with van der Waals surface area (Å²) in [6.07, 6.45) is -4.73. The van der Waals surface area contributed by atoms with Crippen molar-refractivity contribution in [3.05, 3.63) is 58.9 Å². The summed E-state index contributed by atoms with van der Waals surface area (Å²) in [6.45, 7) is 0. The highest BCUT2D eigenvalue weighted by atomic mass is 35.5. The summed E-state index contributed by atoms with van der Waals surface area (Å²) < 4.78 is 41.6. The number of para-hydroxylation sites is 1. The summed E-state index contributed by atoms with van der Waals surface area (Å²) in [4.78, 5) is 15.5. The van der Waals surface area contributed by atoms with Gasteiger partial charge in [-0.3, -0.25) is 4.79 Å². The molecule has 0 unspecified atom stereocenters. The van der Waals surface area contributed by atoms with Crippen molar-refractivity contribution in [1.82, 2.24) is 10.1 Å². The van der Waals surface area contributed by atoms with E-state index in [1.807, 2.05) is 0 Å². The summed E-state index contributed by atoms with van der Waals surface area (Å²) in [5, 5.41) is 15.6. The third-order valence-electron chi connectivity index (χ3n) is 3.31. The maximum atomic E-state index is 12.5. The lowest BCUT2D eigenvalue weighted by molar-refractivity contribution is -0.159. The fourth-order valence-electron chi connectivity index (χ4n) is 2.04. The van der Waals surface area contributed by atoms with Crippen LogP contribution in [0.2, 0.25) is 5.02 Å². The molecule has 0 aliphatic carbocycles. The molecule has 0 atom stereocenters. The van der Waals surface area contributed by atoms with Gasteiger partial charge in [0, 0.05) is 11.1 Å². The maximum absolute atomic E-state index is 12.5. The Hall–Kier alpha value is -3.07.